The number of anilines is 1. The van der Waals surface area contributed by atoms with Gasteiger partial charge in [0.05, 0.1) is 10.6 Å². The summed E-state index contributed by atoms with van der Waals surface area (Å²) >= 11 is 12.8. The van der Waals surface area contributed by atoms with Crippen LogP contribution in [0.5, 0.6) is 0 Å². The Hall–Kier alpha value is -1.63. The van der Waals surface area contributed by atoms with E-state index in [1.807, 2.05) is 6.92 Å². The van der Waals surface area contributed by atoms with E-state index in [-0.39, 0.29) is 26.4 Å². The van der Waals surface area contributed by atoms with Crippen LogP contribution in [-0.2, 0) is 6.42 Å². The third kappa shape index (κ3) is 3.53. The van der Waals surface area contributed by atoms with Crippen molar-refractivity contribution in [2.45, 2.75) is 13.3 Å². The number of aromatic nitrogens is 1. The number of carboxylic acid groups (broad SMARTS) is 1. The molecule has 5 nitrogen and oxygen atoms in total. The van der Waals surface area contributed by atoms with Gasteiger partial charge in [0, 0.05) is 4.88 Å². The highest BCUT2D eigenvalue weighted by atomic mass is 35.5. The van der Waals surface area contributed by atoms with Crippen LogP contribution < -0.4 is 5.32 Å². The van der Waals surface area contributed by atoms with Crippen molar-refractivity contribution >= 4 is 51.4 Å². The molecule has 0 radical (unpaired) electrons. The zero-order chi connectivity index (χ0) is 15.6. The predicted molar refractivity (Wildman–Crippen MR) is 82.9 cm³/mol. The third-order valence-corrected chi connectivity index (χ3v) is 4.33. The summed E-state index contributed by atoms with van der Waals surface area (Å²) in [5, 5.41) is 12.2. The number of carbonyl (C=O) groups excluding carboxylic acids is 1. The number of carbonyl (C=O) groups is 2. The highest BCUT2D eigenvalue weighted by Crippen LogP contribution is 2.29. The van der Waals surface area contributed by atoms with E-state index in [2.05, 4.69) is 10.3 Å². The van der Waals surface area contributed by atoms with Crippen molar-refractivity contribution in [3.05, 3.63) is 44.5 Å². The van der Waals surface area contributed by atoms with E-state index in [1.165, 1.54) is 29.5 Å². The fourth-order valence-corrected chi connectivity index (χ4v) is 2.93. The second kappa shape index (κ2) is 6.43. The topological polar surface area (TPSA) is 79.3 Å². The van der Waals surface area contributed by atoms with Crippen LogP contribution in [0.1, 0.15) is 32.6 Å². The molecule has 2 aromatic rings. The van der Waals surface area contributed by atoms with E-state index in [0.29, 0.717) is 6.42 Å². The van der Waals surface area contributed by atoms with E-state index in [1.54, 1.807) is 0 Å². The Bertz CT molecular complexity index is 715. The maximum Gasteiger partial charge on any atom is 0.338 e. The minimum absolute atomic E-state index is 0.0448. The number of pyridine rings is 1. The fourth-order valence-electron chi connectivity index (χ4n) is 1.61. The molecule has 2 aromatic heterocycles. The molecule has 2 rings (SSSR count). The first-order valence-corrected chi connectivity index (χ1v) is 7.49. The van der Waals surface area contributed by atoms with Gasteiger partial charge >= 0.3 is 5.97 Å². The van der Waals surface area contributed by atoms with Gasteiger partial charge in [-0.1, -0.05) is 30.1 Å². The number of aromatic carboxylic acids is 1. The SMILES string of the molecule is CCc1cc(C(=O)O)c(NC(=O)c2nc(Cl)ccc2Cl)s1. The van der Waals surface area contributed by atoms with Gasteiger partial charge in [-0.3, -0.25) is 4.79 Å². The maximum atomic E-state index is 12.2. The second-order valence-electron chi connectivity index (χ2n) is 4.03. The maximum absolute atomic E-state index is 12.2. The molecule has 21 heavy (non-hydrogen) atoms. The number of nitrogens with one attached hydrogen (secondary N) is 1. The molecule has 8 heteroatoms. The summed E-state index contributed by atoms with van der Waals surface area (Å²) in [6.45, 7) is 1.90. The van der Waals surface area contributed by atoms with Crippen molar-refractivity contribution in [3.63, 3.8) is 0 Å². The Kier molecular flexibility index (Phi) is 4.82. The monoisotopic (exact) mass is 344 g/mol. The van der Waals surface area contributed by atoms with Gasteiger partial charge in [0.1, 0.15) is 15.8 Å². The number of amides is 1. The summed E-state index contributed by atoms with van der Waals surface area (Å²) in [4.78, 5) is 28.0. The van der Waals surface area contributed by atoms with Crippen molar-refractivity contribution in [1.29, 1.82) is 0 Å². The molecule has 0 saturated carbocycles. The number of aryl methyl sites for hydroxylation is 1. The third-order valence-electron chi connectivity index (χ3n) is 2.62. The van der Waals surface area contributed by atoms with Crippen molar-refractivity contribution in [2.75, 3.05) is 5.32 Å². The highest BCUT2D eigenvalue weighted by molar-refractivity contribution is 7.16. The van der Waals surface area contributed by atoms with E-state index < -0.39 is 11.9 Å². The number of hydrogen-bond donors (Lipinski definition) is 2. The van der Waals surface area contributed by atoms with Gasteiger partial charge < -0.3 is 10.4 Å². The molecule has 2 N–H and O–H groups in total. The number of carboxylic acids is 1. The summed E-state index contributed by atoms with van der Waals surface area (Å²) in [7, 11) is 0. The average Bonchev–Trinajstić information content (AvgIpc) is 2.84. The summed E-state index contributed by atoms with van der Waals surface area (Å²) in [6, 6.07) is 4.45. The summed E-state index contributed by atoms with van der Waals surface area (Å²) < 4.78 is 0. The Morgan fingerprint density at radius 3 is 2.71 bits per heavy atom. The van der Waals surface area contributed by atoms with Crippen molar-refractivity contribution in [3.8, 4) is 0 Å². The van der Waals surface area contributed by atoms with E-state index in [9.17, 15) is 9.59 Å². The largest absolute Gasteiger partial charge is 0.478 e. The van der Waals surface area contributed by atoms with E-state index >= 15 is 0 Å². The lowest BCUT2D eigenvalue weighted by molar-refractivity contribution is 0.0698. The first-order chi connectivity index (χ1) is 9.92. The first kappa shape index (κ1) is 15.8. The van der Waals surface area contributed by atoms with Crippen LogP contribution in [0.25, 0.3) is 0 Å². The van der Waals surface area contributed by atoms with Crippen LogP contribution in [0.15, 0.2) is 18.2 Å². The van der Waals surface area contributed by atoms with Crippen LogP contribution in [0.3, 0.4) is 0 Å². The molecule has 0 aliphatic rings. The summed E-state index contributed by atoms with van der Waals surface area (Å²) in [5.74, 6) is -1.71. The van der Waals surface area contributed by atoms with Gasteiger partial charge in [-0.05, 0) is 24.6 Å². The second-order valence-corrected chi connectivity index (χ2v) is 5.96. The molecule has 0 fully saturated rings. The van der Waals surface area contributed by atoms with E-state index in [4.69, 9.17) is 28.3 Å². The van der Waals surface area contributed by atoms with Crippen LogP contribution in [0.4, 0.5) is 5.00 Å². The smallest absolute Gasteiger partial charge is 0.338 e. The van der Waals surface area contributed by atoms with Crippen LogP contribution >= 0.6 is 34.5 Å². The molecule has 1 amide bonds. The molecule has 0 bridgehead atoms. The Balaban J connectivity index is 2.33. The van der Waals surface area contributed by atoms with E-state index in [0.717, 1.165) is 4.88 Å². The molecular formula is C13H10Cl2N2O3S. The van der Waals surface area contributed by atoms with Gasteiger partial charge in [0.15, 0.2) is 0 Å². The number of halogens is 2. The van der Waals surface area contributed by atoms with Crippen LogP contribution in [0.2, 0.25) is 10.2 Å². The molecule has 0 unspecified atom stereocenters. The number of hydrogen-bond acceptors (Lipinski definition) is 4. The molecular weight excluding hydrogens is 335 g/mol. The standard InChI is InChI=1S/C13H10Cl2N2O3S/c1-2-6-5-7(13(19)20)12(21-6)17-11(18)10-8(14)3-4-9(15)16-10/h3-5H,2H2,1H3,(H,17,18)(H,19,20). The Labute approximate surface area is 134 Å². The molecule has 2 heterocycles. The zero-order valence-corrected chi connectivity index (χ0v) is 13.1. The first-order valence-electron chi connectivity index (χ1n) is 5.91. The van der Waals surface area contributed by atoms with Gasteiger partial charge in [-0.25, -0.2) is 9.78 Å². The number of rotatable bonds is 4. The van der Waals surface area contributed by atoms with Crippen LogP contribution in [0, 0.1) is 0 Å². The average molecular weight is 345 g/mol. The molecule has 0 atom stereocenters. The summed E-state index contributed by atoms with van der Waals surface area (Å²) in [6.07, 6.45) is 0.678. The van der Waals surface area contributed by atoms with Gasteiger partial charge in [0.2, 0.25) is 0 Å². The molecule has 0 saturated heterocycles. The molecule has 0 aliphatic heterocycles. The van der Waals surface area contributed by atoms with Crippen molar-refractivity contribution in [1.82, 2.24) is 4.98 Å². The lowest BCUT2D eigenvalue weighted by Crippen LogP contribution is -2.15. The number of thiophene rings is 1. The Morgan fingerprint density at radius 2 is 2.10 bits per heavy atom. The predicted octanol–water partition coefficient (Wildman–Crippen LogP) is 3.96. The fraction of sp³-hybridized carbons (Fsp3) is 0.154. The molecule has 0 aromatic carbocycles. The molecule has 110 valence electrons. The summed E-state index contributed by atoms with van der Waals surface area (Å²) in [5.41, 5.74) is -0.00435. The van der Waals surface area contributed by atoms with Gasteiger partial charge in [-0.2, -0.15) is 0 Å². The van der Waals surface area contributed by atoms with Gasteiger partial charge in [0.25, 0.3) is 5.91 Å². The lowest BCUT2D eigenvalue weighted by Gasteiger charge is -2.05. The number of nitrogens with zero attached hydrogens (tertiary/aromatic N) is 1. The lowest BCUT2D eigenvalue weighted by atomic mass is 10.2. The quantitative estimate of drug-likeness (QED) is 0.822. The van der Waals surface area contributed by atoms with Crippen molar-refractivity contribution in [2.24, 2.45) is 0 Å². The highest BCUT2D eigenvalue weighted by Gasteiger charge is 2.19. The molecule has 0 spiro atoms. The Morgan fingerprint density at radius 1 is 1.38 bits per heavy atom. The normalized spacial score (nSPS) is 10.4. The van der Waals surface area contributed by atoms with Crippen LogP contribution in [-0.4, -0.2) is 22.0 Å². The van der Waals surface area contributed by atoms with Gasteiger partial charge in [-0.15, -0.1) is 11.3 Å². The molecule has 0 aliphatic carbocycles. The van der Waals surface area contributed by atoms with Crippen molar-refractivity contribution < 1.29 is 14.7 Å². The zero-order valence-electron chi connectivity index (χ0n) is 10.8. The minimum Gasteiger partial charge on any atom is -0.478 e. The minimum atomic E-state index is -1.11.